The van der Waals surface area contributed by atoms with Crippen molar-refractivity contribution in [2.75, 3.05) is 12.9 Å². The molecule has 0 spiro atoms. The molecule has 0 aliphatic rings. The van der Waals surface area contributed by atoms with Crippen molar-refractivity contribution >= 4 is 16.3 Å². The molecule has 1 atom stereocenters. The maximum atomic E-state index is 10.5. The van der Waals surface area contributed by atoms with E-state index in [9.17, 15) is 13.2 Å². The van der Waals surface area contributed by atoms with Gasteiger partial charge in [-0.1, -0.05) is 0 Å². The van der Waals surface area contributed by atoms with Gasteiger partial charge in [0.1, 0.15) is 12.0 Å². The van der Waals surface area contributed by atoms with Crippen molar-refractivity contribution in [1.82, 2.24) is 0 Å². The molecule has 0 aromatic heterocycles. The van der Waals surface area contributed by atoms with Crippen LogP contribution in [0.25, 0.3) is 0 Å². The predicted octanol–water partition coefficient (Wildman–Crippen LogP) is -1.51. The Morgan fingerprint density at radius 3 is 2.50 bits per heavy atom. The normalized spacial score (nSPS) is 14.2. The van der Waals surface area contributed by atoms with Gasteiger partial charge in [-0.2, -0.15) is 0 Å². The van der Waals surface area contributed by atoms with Crippen LogP contribution in [0.2, 0.25) is 0 Å². The van der Waals surface area contributed by atoms with Crippen molar-refractivity contribution in [1.29, 1.82) is 0 Å². The molecule has 0 amide bonds. The van der Waals surface area contributed by atoms with Gasteiger partial charge in [-0.05, 0) is 0 Å². The fourth-order valence-electron chi connectivity index (χ4n) is 0.258. The van der Waals surface area contributed by atoms with Crippen LogP contribution < -0.4 is 5.73 Å². The summed E-state index contributed by atoms with van der Waals surface area (Å²) in [5.41, 5.74) is 5.06. The van der Waals surface area contributed by atoms with Crippen LogP contribution in [0.3, 0.4) is 0 Å². The van der Waals surface area contributed by atoms with E-state index in [2.05, 4.69) is 4.74 Å². The largest absolute Gasteiger partial charge is 0.465 e. The third kappa shape index (κ3) is 3.41. The Morgan fingerprint density at radius 2 is 2.20 bits per heavy atom. The zero-order valence-electron chi connectivity index (χ0n) is 5.48. The molecular weight excluding hydrogens is 158 g/mol. The fraction of sp³-hybridized carbons (Fsp3) is 0.750. The summed E-state index contributed by atoms with van der Waals surface area (Å²) in [6.45, 7) is -0.132. The lowest BCUT2D eigenvalue weighted by atomic mass is 10.7. The SMILES string of the molecule is CS(=O)(=O)C(N)COC=O. The zero-order valence-corrected chi connectivity index (χ0v) is 6.30. The van der Waals surface area contributed by atoms with E-state index >= 15 is 0 Å². The van der Waals surface area contributed by atoms with Gasteiger partial charge in [-0.15, -0.1) is 0 Å². The zero-order chi connectivity index (χ0) is 8.20. The molecule has 0 rings (SSSR count). The van der Waals surface area contributed by atoms with E-state index < -0.39 is 15.2 Å². The molecule has 6 heteroatoms. The lowest BCUT2D eigenvalue weighted by molar-refractivity contribution is -0.128. The van der Waals surface area contributed by atoms with Crippen molar-refractivity contribution < 1.29 is 17.9 Å². The molecule has 5 nitrogen and oxygen atoms in total. The second-order valence-corrected chi connectivity index (χ2v) is 4.06. The second kappa shape index (κ2) is 3.52. The molecule has 0 aromatic rings. The highest BCUT2D eigenvalue weighted by Crippen LogP contribution is 1.89. The van der Waals surface area contributed by atoms with E-state index in [-0.39, 0.29) is 13.1 Å². The van der Waals surface area contributed by atoms with Crippen LogP contribution in [0.4, 0.5) is 0 Å². The minimum atomic E-state index is -3.28. The molecule has 1 unspecified atom stereocenters. The Morgan fingerprint density at radius 1 is 1.70 bits per heavy atom. The summed E-state index contributed by atoms with van der Waals surface area (Å²) in [6, 6.07) is 0. The summed E-state index contributed by atoms with van der Waals surface area (Å²) >= 11 is 0. The Balaban J connectivity index is 3.86. The number of sulfone groups is 1. The van der Waals surface area contributed by atoms with E-state index in [1.807, 2.05) is 0 Å². The van der Waals surface area contributed by atoms with Gasteiger partial charge >= 0.3 is 0 Å². The van der Waals surface area contributed by atoms with E-state index in [1.165, 1.54) is 0 Å². The van der Waals surface area contributed by atoms with Crippen LogP contribution in [0.1, 0.15) is 0 Å². The third-order valence-electron chi connectivity index (χ3n) is 0.878. The first-order chi connectivity index (χ1) is 4.48. The highest BCUT2D eigenvalue weighted by Gasteiger charge is 2.14. The number of ether oxygens (including phenoxy) is 1. The summed E-state index contributed by atoms with van der Waals surface area (Å²) in [6.07, 6.45) is 0.978. The van der Waals surface area contributed by atoms with Gasteiger partial charge in [0, 0.05) is 6.26 Å². The monoisotopic (exact) mass is 167 g/mol. The average Bonchev–Trinajstić information content (AvgIpc) is 1.80. The fourth-order valence-corrected chi connectivity index (χ4v) is 0.583. The van der Waals surface area contributed by atoms with Gasteiger partial charge in [-0.25, -0.2) is 8.42 Å². The molecule has 2 N–H and O–H groups in total. The molecule has 0 bridgehead atoms. The number of nitrogens with two attached hydrogens (primary N) is 1. The predicted molar refractivity (Wildman–Crippen MR) is 34.8 cm³/mol. The number of rotatable bonds is 4. The Hall–Kier alpha value is -0.620. The highest BCUT2D eigenvalue weighted by molar-refractivity contribution is 7.91. The van der Waals surface area contributed by atoms with Crippen LogP contribution in [0, 0.1) is 0 Å². The Labute approximate surface area is 59.1 Å². The van der Waals surface area contributed by atoms with Crippen molar-refractivity contribution in [3.63, 3.8) is 0 Å². The molecule has 0 heterocycles. The van der Waals surface area contributed by atoms with Crippen molar-refractivity contribution in [3.05, 3.63) is 0 Å². The van der Waals surface area contributed by atoms with Gasteiger partial charge in [-0.3, -0.25) is 4.79 Å². The van der Waals surface area contributed by atoms with Gasteiger partial charge in [0.25, 0.3) is 6.47 Å². The van der Waals surface area contributed by atoms with Crippen molar-refractivity contribution in [2.45, 2.75) is 5.37 Å². The Kier molecular flexibility index (Phi) is 3.31. The average molecular weight is 167 g/mol. The lowest BCUT2D eigenvalue weighted by Crippen LogP contribution is -2.34. The molecule has 0 saturated heterocycles. The smallest absolute Gasteiger partial charge is 0.293 e. The number of carbonyl (C=O) groups is 1. The van der Waals surface area contributed by atoms with Crippen LogP contribution in [-0.2, 0) is 19.4 Å². The standard InChI is InChI=1S/C4H9NO4S/c1-10(7,8)4(5)2-9-3-6/h3-4H,2,5H2,1H3. The van der Waals surface area contributed by atoms with E-state index in [4.69, 9.17) is 5.73 Å². The molecule has 0 aliphatic heterocycles. The molecule has 0 radical (unpaired) electrons. The molecule has 60 valence electrons. The topological polar surface area (TPSA) is 86.5 Å². The number of hydrogen-bond donors (Lipinski definition) is 1. The lowest BCUT2D eigenvalue weighted by Gasteiger charge is -2.05. The molecule has 0 fully saturated rings. The molecule has 0 aliphatic carbocycles. The third-order valence-corrected chi connectivity index (χ3v) is 2.11. The first-order valence-corrected chi connectivity index (χ1v) is 4.43. The van der Waals surface area contributed by atoms with Gasteiger partial charge in [0.15, 0.2) is 9.84 Å². The van der Waals surface area contributed by atoms with E-state index in [1.54, 1.807) is 0 Å². The van der Waals surface area contributed by atoms with Crippen LogP contribution in [0.5, 0.6) is 0 Å². The second-order valence-electron chi connectivity index (χ2n) is 1.80. The van der Waals surface area contributed by atoms with Gasteiger partial charge in [0.05, 0.1) is 0 Å². The first-order valence-electron chi connectivity index (χ1n) is 2.48. The maximum Gasteiger partial charge on any atom is 0.293 e. The summed E-state index contributed by atoms with van der Waals surface area (Å²) in [7, 11) is -3.28. The summed E-state index contributed by atoms with van der Waals surface area (Å²) in [5, 5.41) is -1.11. The highest BCUT2D eigenvalue weighted by atomic mass is 32.2. The quantitative estimate of drug-likeness (QED) is 0.514. The molecule has 10 heavy (non-hydrogen) atoms. The molecule has 0 saturated carbocycles. The molecule has 0 aromatic carbocycles. The minimum absolute atomic E-state index is 0.158. The molecular formula is C4H9NO4S. The van der Waals surface area contributed by atoms with E-state index in [0.29, 0.717) is 0 Å². The summed E-state index contributed by atoms with van der Waals surface area (Å²) in [5.74, 6) is 0. The Bertz CT molecular complexity index is 197. The maximum absolute atomic E-state index is 10.5. The van der Waals surface area contributed by atoms with Crippen LogP contribution in [-0.4, -0.2) is 33.1 Å². The summed E-state index contributed by atoms with van der Waals surface area (Å²) in [4.78, 5) is 9.56. The number of carbonyl (C=O) groups excluding carboxylic acids is 1. The number of hydrogen-bond acceptors (Lipinski definition) is 5. The van der Waals surface area contributed by atoms with Gasteiger partial charge < -0.3 is 10.5 Å². The van der Waals surface area contributed by atoms with Crippen molar-refractivity contribution in [2.24, 2.45) is 5.73 Å². The van der Waals surface area contributed by atoms with Gasteiger partial charge in [0.2, 0.25) is 0 Å². The summed E-state index contributed by atoms with van der Waals surface area (Å²) < 4.78 is 25.2. The van der Waals surface area contributed by atoms with E-state index in [0.717, 1.165) is 6.26 Å². The van der Waals surface area contributed by atoms with Crippen LogP contribution >= 0.6 is 0 Å². The van der Waals surface area contributed by atoms with Crippen molar-refractivity contribution in [3.8, 4) is 0 Å². The first kappa shape index (κ1) is 9.38. The van der Waals surface area contributed by atoms with Crippen LogP contribution in [0.15, 0.2) is 0 Å². The minimum Gasteiger partial charge on any atom is -0.465 e.